The smallest absolute Gasteiger partial charge is 0.325 e. The van der Waals surface area contributed by atoms with Gasteiger partial charge in [0, 0.05) is 18.8 Å². The number of urea groups is 1. The van der Waals surface area contributed by atoms with Crippen molar-refractivity contribution >= 4 is 45.9 Å². The number of benzene rings is 1. The molecule has 1 fully saturated rings. The highest BCUT2D eigenvalue weighted by Crippen LogP contribution is 2.25. The van der Waals surface area contributed by atoms with Crippen LogP contribution in [0.15, 0.2) is 28.6 Å². The van der Waals surface area contributed by atoms with E-state index >= 15 is 0 Å². The summed E-state index contributed by atoms with van der Waals surface area (Å²) in [6.45, 7) is 3.29. The zero-order chi connectivity index (χ0) is 19.1. The second kappa shape index (κ2) is 9.67. The minimum absolute atomic E-state index is 0.0719. The molecule has 0 aliphatic carbocycles. The minimum Gasteiger partial charge on any atom is -0.376 e. The van der Waals surface area contributed by atoms with E-state index in [4.69, 9.17) is 4.74 Å². The Morgan fingerprint density at radius 2 is 2.07 bits per heavy atom. The maximum absolute atomic E-state index is 12.0. The van der Waals surface area contributed by atoms with Gasteiger partial charge in [0.25, 0.3) is 0 Å². The molecule has 3 N–H and O–H groups in total. The lowest BCUT2D eigenvalue weighted by Crippen LogP contribution is -2.32. The zero-order valence-corrected chi connectivity index (χ0v) is 16.5. The van der Waals surface area contributed by atoms with Crippen molar-refractivity contribution < 1.29 is 14.3 Å². The number of anilines is 2. The fraction of sp³-hybridized carbons (Fsp3) is 0.412. The summed E-state index contributed by atoms with van der Waals surface area (Å²) in [6.07, 6.45) is 2.17. The Balaban J connectivity index is 1.39. The topological polar surface area (TPSA) is 105 Å². The van der Waals surface area contributed by atoms with Crippen molar-refractivity contribution in [3.63, 3.8) is 0 Å². The first-order valence-electron chi connectivity index (χ1n) is 8.58. The number of carbonyl (C=O) groups excluding carboxylic acids is 2. The van der Waals surface area contributed by atoms with Crippen LogP contribution in [0.25, 0.3) is 0 Å². The molecule has 144 valence electrons. The quantitative estimate of drug-likeness (QED) is 0.481. The van der Waals surface area contributed by atoms with Crippen LogP contribution < -0.4 is 16.0 Å². The number of nitrogens with one attached hydrogen (secondary N) is 3. The van der Waals surface area contributed by atoms with E-state index in [2.05, 4.69) is 26.1 Å². The number of aromatic nitrogens is 2. The molecule has 1 atom stereocenters. The summed E-state index contributed by atoms with van der Waals surface area (Å²) in [6, 6.07) is 7.09. The summed E-state index contributed by atoms with van der Waals surface area (Å²) >= 11 is 2.51. The summed E-state index contributed by atoms with van der Waals surface area (Å²) in [5.74, 6) is 0.175. The standard InChI is InChI=1S/C17H21N5O3S2/c1-11-4-6-12(7-5-11)19-15(24)20-16-21-22-17(27-16)26-10-14(23)18-9-13-3-2-8-25-13/h4-7,13H,2-3,8-10H2,1H3,(H,18,23)(H2,19,20,21,24)/t13-/m1/s1. The van der Waals surface area contributed by atoms with Crippen molar-refractivity contribution in [2.45, 2.75) is 30.2 Å². The van der Waals surface area contributed by atoms with E-state index in [-0.39, 0.29) is 23.8 Å². The van der Waals surface area contributed by atoms with Crippen LogP contribution in [0.1, 0.15) is 18.4 Å². The number of ether oxygens (including phenoxy) is 1. The van der Waals surface area contributed by atoms with Crippen LogP contribution in [0, 0.1) is 6.92 Å². The molecule has 1 aromatic heterocycles. The Morgan fingerprint density at radius 3 is 2.81 bits per heavy atom. The van der Waals surface area contributed by atoms with Crippen LogP contribution in [0.5, 0.6) is 0 Å². The molecule has 1 aliphatic rings. The molecule has 8 nitrogen and oxygen atoms in total. The first-order valence-corrected chi connectivity index (χ1v) is 10.4. The van der Waals surface area contributed by atoms with E-state index < -0.39 is 0 Å². The average Bonchev–Trinajstić information content (AvgIpc) is 3.32. The average molecular weight is 408 g/mol. The highest BCUT2D eigenvalue weighted by molar-refractivity contribution is 8.01. The molecule has 2 aromatic rings. The van der Waals surface area contributed by atoms with Crippen molar-refractivity contribution in [2.75, 3.05) is 29.5 Å². The molecule has 0 bridgehead atoms. The van der Waals surface area contributed by atoms with Gasteiger partial charge in [-0.2, -0.15) is 0 Å². The highest BCUT2D eigenvalue weighted by Gasteiger charge is 2.16. The van der Waals surface area contributed by atoms with E-state index in [1.165, 1.54) is 23.1 Å². The highest BCUT2D eigenvalue weighted by atomic mass is 32.2. The van der Waals surface area contributed by atoms with Gasteiger partial charge in [-0.05, 0) is 31.9 Å². The first kappa shape index (κ1) is 19.6. The number of nitrogens with zero attached hydrogens (tertiary/aromatic N) is 2. The van der Waals surface area contributed by atoms with Crippen molar-refractivity contribution in [3.8, 4) is 0 Å². The van der Waals surface area contributed by atoms with Gasteiger partial charge in [-0.3, -0.25) is 10.1 Å². The van der Waals surface area contributed by atoms with E-state index in [1.807, 2.05) is 31.2 Å². The molecule has 1 aromatic carbocycles. The lowest BCUT2D eigenvalue weighted by molar-refractivity contribution is -0.119. The van der Waals surface area contributed by atoms with Gasteiger partial charge in [0.05, 0.1) is 11.9 Å². The molecule has 0 spiro atoms. The number of aryl methyl sites for hydroxylation is 1. The molecular formula is C17H21N5O3S2. The molecule has 10 heteroatoms. The van der Waals surface area contributed by atoms with Crippen LogP contribution in [0.2, 0.25) is 0 Å². The first-order chi connectivity index (χ1) is 13.1. The SMILES string of the molecule is Cc1ccc(NC(=O)Nc2nnc(SCC(=O)NC[C@H]3CCCO3)s2)cc1. The second-order valence-electron chi connectivity index (χ2n) is 6.05. The number of hydrogen-bond acceptors (Lipinski definition) is 7. The van der Waals surface area contributed by atoms with Crippen molar-refractivity contribution in [1.29, 1.82) is 0 Å². The molecule has 0 saturated carbocycles. The Labute approximate surface area is 165 Å². The maximum Gasteiger partial charge on any atom is 0.325 e. The van der Waals surface area contributed by atoms with Crippen LogP contribution in [-0.4, -0.2) is 47.1 Å². The predicted molar refractivity (Wildman–Crippen MR) is 106 cm³/mol. The van der Waals surface area contributed by atoms with E-state index in [0.717, 1.165) is 25.0 Å². The normalized spacial score (nSPS) is 16.1. The van der Waals surface area contributed by atoms with Crippen LogP contribution >= 0.6 is 23.1 Å². The van der Waals surface area contributed by atoms with Crippen molar-refractivity contribution in [3.05, 3.63) is 29.8 Å². The minimum atomic E-state index is -0.388. The van der Waals surface area contributed by atoms with E-state index in [0.29, 0.717) is 21.7 Å². The van der Waals surface area contributed by atoms with Crippen LogP contribution in [-0.2, 0) is 9.53 Å². The maximum atomic E-state index is 12.0. The molecule has 3 amide bonds. The summed E-state index contributed by atoms with van der Waals surface area (Å²) in [5, 5.41) is 16.5. The number of amides is 3. The largest absolute Gasteiger partial charge is 0.376 e. The van der Waals surface area contributed by atoms with Crippen LogP contribution in [0.3, 0.4) is 0 Å². The number of rotatable bonds is 7. The van der Waals surface area contributed by atoms with Crippen LogP contribution in [0.4, 0.5) is 15.6 Å². The lowest BCUT2D eigenvalue weighted by Gasteiger charge is -2.09. The predicted octanol–water partition coefficient (Wildman–Crippen LogP) is 2.88. The van der Waals surface area contributed by atoms with Gasteiger partial charge < -0.3 is 15.4 Å². The van der Waals surface area contributed by atoms with Gasteiger partial charge in [0.1, 0.15) is 0 Å². The molecule has 1 saturated heterocycles. The summed E-state index contributed by atoms with van der Waals surface area (Å²) in [5.41, 5.74) is 1.81. The lowest BCUT2D eigenvalue weighted by atomic mass is 10.2. The number of carbonyl (C=O) groups is 2. The Morgan fingerprint density at radius 1 is 1.26 bits per heavy atom. The molecular weight excluding hydrogens is 386 g/mol. The summed E-state index contributed by atoms with van der Waals surface area (Å²) in [4.78, 5) is 23.9. The Bertz CT molecular complexity index is 775. The molecule has 1 aliphatic heterocycles. The fourth-order valence-electron chi connectivity index (χ4n) is 2.43. The van der Waals surface area contributed by atoms with E-state index in [9.17, 15) is 9.59 Å². The zero-order valence-electron chi connectivity index (χ0n) is 14.9. The third-order valence-electron chi connectivity index (χ3n) is 3.81. The number of hydrogen-bond donors (Lipinski definition) is 3. The van der Waals surface area contributed by atoms with E-state index in [1.54, 1.807) is 0 Å². The van der Waals surface area contributed by atoms with Gasteiger partial charge >= 0.3 is 6.03 Å². The summed E-state index contributed by atoms with van der Waals surface area (Å²) < 4.78 is 6.09. The monoisotopic (exact) mass is 407 g/mol. The molecule has 0 radical (unpaired) electrons. The third kappa shape index (κ3) is 6.49. The molecule has 27 heavy (non-hydrogen) atoms. The van der Waals surface area contributed by atoms with Gasteiger partial charge in [-0.25, -0.2) is 4.79 Å². The molecule has 0 unspecified atom stereocenters. The number of thioether (sulfide) groups is 1. The van der Waals surface area contributed by atoms with Crippen molar-refractivity contribution in [2.24, 2.45) is 0 Å². The third-order valence-corrected chi connectivity index (χ3v) is 5.79. The molecule has 3 rings (SSSR count). The fourth-order valence-corrected chi connectivity index (χ4v) is 4.00. The van der Waals surface area contributed by atoms with Gasteiger partial charge in [-0.1, -0.05) is 40.8 Å². The second-order valence-corrected chi connectivity index (χ2v) is 8.25. The summed E-state index contributed by atoms with van der Waals surface area (Å²) in [7, 11) is 0. The van der Waals surface area contributed by atoms with Gasteiger partial charge in [0.15, 0.2) is 4.34 Å². The Hall–Kier alpha value is -2.17. The van der Waals surface area contributed by atoms with Crippen molar-refractivity contribution in [1.82, 2.24) is 15.5 Å². The van der Waals surface area contributed by atoms with Gasteiger partial charge in [0.2, 0.25) is 11.0 Å². The molecule has 2 heterocycles. The Kier molecular flexibility index (Phi) is 7.02. The van der Waals surface area contributed by atoms with Gasteiger partial charge in [-0.15, -0.1) is 10.2 Å².